The van der Waals surface area contributed by atoms with Crippen molar-refractivity contribution >= 4 is 17.4 Å². The molecule has 150 valence electrons. The molecule has 1 aromatic rings. The summed E-state index contributed by atoms with van der Waals surface area (Å²) in [5.41, 5.74) is 3.04. The first-order valence-electron chi connectivity index (χ1n) is 9.52. The Bertz CT molecular complexity index is 818. The van der Waals surface area contributed by atoms with Gasteiger partial charge < -0.3 is 10.2 Å². The Morgan fingerprint density at radius 2 is 1.93 bits per heavy atom. The van der Waals surface area contributed by atoms with Gasteiger partial charge >= 0.3 is 0 Å². The Morgan fingerprint density at radius 1 is 1.21 bits per heavy atom. The van der Waals surface area contributed by atoms with Crippen LogP contribution in [0.1, 0.15) is 31.2 Å². The topological polar surface area (TPSA) is 81.7 Å². The fraction of sp³-hybridized carbons (Fsp3) is 0.500. The zero-order chi connectivity index (χ0) is 19.9. The molecule has 1 saturated heterocycles. The SMILES string of the molecule is O=C(NO)C1CC2(CC2)CNC1C(=O)N1CC=C(c2cc(F)cc(F)c2)CC1. The van der Waals surface area contributed by atoms with Crippen LogP contribution in [-0.4, -0.2) is 47.6 Å². The van der Waals surface area contributed by atoms with Crippen LogP contribution < -0.4 is 10.8 Å². The van der Waals surface area contributed by atoms with E-state index in [9.17, 15) is 18.4 Å². The van der Waals surface area contributed by atoms with E-state index in [-0.39, 0.29) is 11.3 Å². The fourth-order valence-electron chi connectivity index (χ4n) is 4.34. The van der Waals surface area contributed by atoms with Gasteiger partial charge in [-0.1, -0.05) is 6.08 Å². The lowest BCUT2D eigenvalue weighted by molar-refractivity contribution is -0.144. The Kier molecular flexibility index (Phi) is 4.93. The van der Waals surface area contributed by atoms with E-state index in [1.165, 1.54) is 12.1 Å². The molecule has 2 fully saturated rings. The highest BCUT2D eigenvalue weighted by molar-refractivity contribution is 5.90. The van der Waals surface area contributed by atoms with Gasteiger partial charge in [-0.3, -0.25) is 14.8 Å². The zero-order valence-electron chi connectivity index (χ0n) is 15.4. The minimum atomic E-state index is -0.681. The first kappa shape index (κ1) is 19.0. The summed E-state index contributed by atoms with van der Waals surface area (Å²) in [4.78, 5) is 26.8. The molecule has 2 unspecified atom stereocenters. The van der Waals surface area contributed by atoms with Crippen LogP contribution in [0.4, 0.5) is 8.78 Å². The first-order valence-corrected chi connectivity index (χ1v) is 9.52. The minimum Gasteiger partial charge on any atom is -0.337 e. The number of halogens is 2. The van der Waals surface area contributed by atoms with E-state index in [0.29, 0.717) is 38.0 Å². The molecule has 8 heteroatoms. The first-order chi connectivity index (χ1) is 13.4. The van der Waals surface area contributed by atoms with E-state index >= 15 is 0 Å². The number of carbonyl (C=O) groups is 2. The van der Waals surface area contributed by atoms with Crippen molar-refractivity contribution in [1.82, 2.24) is 15.7 Å². The predicted molar refractivity (Wildman–Crippen MR) is 97.0 cm³/mol. The molecule has 1 aromatic carbocycles. The standard InChI is InChI=1S/C20H23F2N3O3/c21-14-7-13(8-15(22)9-14)12-1-5-25(6-2-12)19(27)17-16(18(26)24-28)10-20(3-4-20)11-23-17/h1,7-9,16-17,23,28H,2-6,10-11H2,(H,24,26). The Hall–Kier alpha value is -2.32. The second-order valence-corrected chi connectivity index (χ2v) is 8.07. The van der Waals surface area contributed by atoms with E-state index in [2.05, 4.69) is 5.32 Å². The molecule has 0 radical (unpaired) electrons. The molecule has 1 aliphatic carbocycles. The van der Waals surface area contributed by atoms with E-state index in [1.54, 1.807) is 16.5 Å². The van der Waals surface area contributed by atoms with Gasteiger partial charge in [0.2, 0.25) is 11.8 Å². The number of nitrogens with one attached hydrogen (secondary N) is 2. The van der Waals surface area contributed by atoms with Crippen LogP contribution in [0.15, 0.2) is 24.3 Å². The summed E-state index contributed by atoms with van der Waals surface area (Å²) in [6.45, 7) is 1.40. The molecule has 3 N–H and O–H groups in total. The van der Waals surface area contributed by atoms with Crippen LogP contribution in [-0.2, 0) is 9.59 Å². The van der Waals surface area contributed by atoms with Crippen LogP contribution in [0, 0.1) is 23.0 Å². The Balaban J connectivity index is 1.46. The summed E-state index contributed by atoms with van der Waals surface area (Å²) in [5, 5.41) is 12.3. The third-order valence-corrected chi connectivity index (χ3v) is 6.18. The van der Waals surface area contributed by atoms with Gasteiger partial charge in [-0.25, -0.2) is 14.3 Å². The predicted octanol–water partition coefficient (Wildman–Crippen LogP) is 1.84. The monoisotopic (exact) mass is 391 g/mol. The Labute approximate surface area is 161 Å². The average molecular weight is 391 g/mol. The van der Waals surface area contributed by atoms with Gasteiger partial charge in [0.1, 0.15) is 11.6 Å². The van der Waals surface area contributed by atoms with E-state index in [1.807, 2.05) is 0 Å². The number of rotatable bonds is 3. The molecule has 4 rings (SSSR count). The van der Waals surface area contributed by atoms with Crippen molar-refractivity contribution in [2.45, 2.75) is 31.7 Å². The van der Waals surface area contributed by atoms with Crippen molar-refractivity contribution in [3.8, 4) is 0 Å². The van der Waals surface area contributed by atoms with Crippen LogP contribution >= 0.6 is 0 Å². The van der Waals surface area contributed by atoms with Crippen molar-refractivity contribution in [3.63, 3.8) is 0 Å². The number of hydroxylamine groups is 1. The molecule has 2 heterocycles. The maximum atomic E-state index is 13.5. The number of carbonyl (C=O) groups excluding carboxylic acids is 2. The van der Waals surface area contributed by atoms with Crippen LogP contribution in [0.2, 0.25) is 0 Å². The smallest absolute Gasteiger partial charge is 0.248 e. The summed E-state index contributed by atoms with van der Waals surface area (Å²) < 4.78 is 26.9. The molecule has 1 saturated carbocycles. The van der Waals surface area contributed by atoms with Crippen molar-refractivity contribution in [3.05, 3.63) is 41.5 Å². The highest BCUT2D eigenvalue weighted by Crippen LogP contribution is 2.52. The maximum absolute atomic E-state index is 13.5. The van der Waals surface area contributed by atoms with Gasteiger partial charge in [-0.05, 0) is 54.4 Å². The van der Waals surface area contributed by atoms with Gasteiger partial charge in [0, 0.05) is 25.7 Å². The molecular formula is C20H23F2N3O3. The number of nitrogens with zero attached hydrogens (tertiary/aromatic N) is 1. The van der Waals surface area contributed by atoms with Crippen LogP contribution in [0.25, 0.3) is 5.57 Å². The molecule has 3 aliphatic rings. The largest absolute Gasteiger partial charge is 0.337 e. The lowest BCUT2D eigenvalue weighted by Gasteiger charge is -2.38. The second-order valence-electron chi connectivity index (χ2n) is 8.07. The highest BCUT2D eigenvalue weighted by atomic mass is 19.1. The fourth-order valence-corrected chi connectivity index (χ4v) is 4.34. The van der Waals surface area contributed by atoms with Gasteiger partial charge in [-0.2, -0.15) is 0 Å². The van der Waals surface area contributed by atoms with Crippen molar-refractivity contribution < 1.29 is 23.6 Å². The maximum Gasteiger partial charge on any atom is 0.248 e. The summed E-state index contributed by atoms with van der Waals surface area (Å²) in [6, 6.07) is 2.72. The summed E-state index contributed by atoms with van der Waals surface area (Å²) in [6.07, 6.45) is 4.90. The van der Waals surface area contributed by atoms with Gasteiger partial charge in [0.05, 0.1) is 12.0 Å². The summed E-state index contributed by atoms with van der Waals surface area (Å²) in [7, 11) is 0. The molecule has 0 bridgehead atoms. The van der Waals surface area contributed by atoms with Gasteiger partial charge in [0.15, 0.2) is 0 Å². The number of benzene rings is 1. The third-order valence-electron chi connectivity index (χ3n) is 6.18. The zero-order valence-corrected chi connectivity index (χ0v) is 15.4. The third kappa shape index (κ3) is 3.66. The minimum absolute atomic E-state index is 0.0738. The Morgan fingerprint density at radius 3 is 2.50 bits per heavy atom. The molecule has 2 atom stereocenters. The van der Waals surface area contributed by atoms with E-state index < -0.39 is 29.5 Å². The van der Waals surface area contributed by atoms with Crippen LogP contribution in [0.5, 0.6) is 0 Å². The number of hydrogen-bond acceptors (Lipinski definition) is 4. The lowest BCUT2D eigenvalue weighted by atomic mass is 9.81. The summed E-state index contributed by atoms with van der Waals surface area (Å²) in [5.74, 6) is -2.61. The van der Waals surface area contributed by atoms with E-state index in [4.69, 9.17) is 5.21 Å². The lowest BCUT2D eigenvalue weighted by Crippen LogP contribution is -2.59. The molecule has 2 amide bonds. The molecule has 2 aliphatic heterocycles. The average Bonchev–Trinajstić information content (AvgIpc) is 3.45. The number of piperidine rings is 1. The van der Waals surface area contributed by atoms with E-state index in [0.717, 1.165) is 24.5 Å². The highest BCUT2D eigenvalue weighted by Gasteiger charge is 2.52. The van der Waals surface area contributed by atoms with Crippen molar-refractivity contribution in [2.75, 3.05) is 19.6 Å². The number of amides is 2. The molecule has 0 aromatic heterocycles. The summed E-state index contributed by atoms with van der Waals surface area (Å²) >= 11 is 0. The molecule has 6 nitrogen and oxygen atoms in total. The van der Waals surface area contributed by atoms with Crippen molar-refractivity contribution in [2.24, 2.45) is 11.3 Å². The molecule has 28 heavy (non-hydrogen) atoms. The van der Waals surface area contributed by atoms with Crippen LogP contribution in [0.3, 0.4) is 0 Å². The normalized spacial score (nSPS) is 26.0. The molecular weight excluding hydrogens is 368 g/mol. The van der Waals surface area contributed by atoms with Crippen molar-refractivity contribution in [1.29, 1.82) is 0 Å². The quantitative estimate of drug-likeness (QED) is 0.543. The second kappa shape index (κ2) is 7.25. The van der Waals surface area contributed by atoms with Gasteiger partial charge in [-0.15, -0.1) is 0 Å². The van der Waals surface area contributed by atoms with Gasteiger partial charge in [0.25, 0.3) is 0 Å². The number of hydrogen-bond donors (Lipinski definition) is 3. The molecule has 1 spiro atoms.